The van der Waals surface area contributed by atoms with E-state index in [1.807, 2.05) is 0 Å². The monoisotopic (exact) mass is 898 g/mol. The normalized spacial score (nSPS) is 13.3. The molecule has 0 bridgehead atoms. The van der Waals surface area contributed by atoms with Gasteiger partial charge >= 0.3 is 13.8 Å². The lowest BCUT2D eigenvalue weighted by Crippen LogP contribution is -2.27. The molecule has 0 aliphatic carbocycles. The maximum absolute atomic E-state index is 12.1. The molecule has 0 fully saturated rings. The van der Waals surface area contributed by atoms with Crippen molar-refractivity contribution in [1.29, 1.82) is 0 Å². The number of unbranched alkanes of at least 4 members (excludes halogenated alkanes) is 33. The van der Waals surface area contributed by atoms with E-state index in [0.717, 1.165) is 57.8 Å². The molecule has 1 amide bonds. The highest BCUT2D eigenvalue weighted by Gasteiger charge is 2.23. The lowest BCUT2D eigenvalue weighted by molar-refractivity contribution is -0.147. The number of aliphatic hydroxyl groups is 1. The van der Waals surface area contributed by atoms with Gasteiger partial charge in [-0.1, -0.05) is 231 Å². The number of amides is 1. The van der Waals surface area contributed by atoms with Crippen molar-refractivity contribution in [3.8, 4) is 0 Å². The topological polar surface area (TPSA) is 131 Å². The summed E-state index contributed by atoms with van der Waals surface area (Å²) in [7, 11) is -4.42. The van der Waals surface area contributed by atoms with Crippen molar-refractivity contribution in [3.63, 3.8) is 0 Å². The van der Waals surface area contributed by atoms with Crippen LogP contribution in [0, 0.1) is 0 Å². The average Bonchev–Trinajstić information content (AvgIpc) is 3.26. The van der Waals surface area contributed by atoms with E-state index in [9.17, 15) is 24.2 Å². The van der Waals surface area contributed by atoms with Gasteiger partial charge in [0.25, 0.3) is 0 Å². The van der Waals surface area contributed by atoms with Gasteiger partial charge in [-0.05, 0) is 44.9 Å². The van der Waals surface area contributed by atoms with Crippen LogP contribution in [-0.2, 0) is 27.9 Å². The van der Waals surface area contributed by atoms with Crippen molar-refractivity contribution in [1.82, 2.24) is 5.32 Å². The molecule has 366 valence electrons. The van der Waals surface area contributed by atoms with Gasteiger partial charge in [-0.15, -0.1) is 0 Å². The molecule has 62 heavy (non-hydrogen) atoms. The van der Waals surface area contributed by atoms with Crippen LogP contribution in [0.25, 0.3) is 0 Å². The van der Waals surface area contributed by atoms with E-state index < -0.39 is 26.5 Å². The molecule has 0 aromatic rings. The van der Waals surface area contributed by atoms with Crippen molar-refractivity contribution in [2.24, 2.45) is 0 Å². The zero-order chi connectivity index (χ0) is 45.3. The Morgan fingerprint density at radius 1 is 0.500 bits per heavy atom. The quantitative estimate of drug-likeness (QED) is 0.0238. The molecule has 0 heterocycles. The van der Waals surface area contributed by atoms with Gasteiger partial charge in [0.1, 0.15) is 12.7 Å². The third-order valence-electron chi connectivity index (χ3n) is 11.6. The summed E-state index contributed by atoms with van der Waals surface area (Å²) in [5.41, 5.74) is 0. The molecule has 3 N–H and O–H groups in total. The lowest BCUT2D eigenvalue weighted by Gasteiger charge is -2.15. The van der Waals surface area contributed by atoms with E-state index in [0.29, 0.717) is 6.42 Å². The van der Waals surface area contributed by atoms with Gasteiger partial charge in [0.05, 0.1) is 13.2 Å². The summed E-state index contributed by atoms with van der Waals surface area (Å²) in [5, 5.41) is 12.8. The van der Waals surface area contributed by atoms with Crippen LogP contribution in [0.1, 0.15) is 264 Å². The van der Waals surface area contributed by atoms with Crippen molar-refractivity contribution >= 4 is 19.7 Å². The maximum Gasteiger partial charge on any atom is 0.472 e. The lowest BCUT2D eigenvalue weighted by atomic mass is 10.0. The van der Waals surface area contributed by atoms with E-state index in [1.54, 1.807) is 0 Å². The number of ether oxygens (including phenoxy) is 1. The first kappa shape index (κ1) is 60.5. The zero-order valence-corrected chi connectivity index (χ0v) is 41.5. The minimum Gasteiger partial charge on any atom is -0.463 e. The van der Waals surface area contributed by atoms with E-state index in [-0.39, 0.29) is 32.1 Å². The molecule has 2 atom stereocenters. The van der Waals surface area contributed by atoms with Crippen molar-refractivity contribution in [3.05, 3.63) is 24.3 Å². The van der Waals surface area contributed by atoms with Gasteiger partial charge in [0.15, 0.2) is 0 Å². The largest absolute Gasteiger partial charge is 0.472 e. The van der Waals surface area contributed by atoms with Crippen LogP contribution in [-0.4, -0.2) is 54.3 Å². The summed E-state index contributed by atoms with van der Waals surface area (Å²) in [6.07, 6.45) is 55.5. The highest BCUT2D eigenvalue weighted by Crippen LogP contribution is 2.42. The predicted octanol–water partition coefficient (Wildman–Crippen LogP) is 15.5. The number of hydrogen-bond donors (Lipinski definition) is 3. The highest BCUT2D eigenvalue weighted by molar-refractivity contribution is 7.47. The molecular formula is C52H100NO8P. The molecule has 0 spiro atoms. The first-order valence-electron chi connectivity index (χ1n) is 26.3. The molecule has 0 radical (unpaired) electrons. The van der Waals surface area contributed by atoms with Gasteiger partial charge in [-0.3, -0.25) is 18.6 Å². The Morgan fingerprint density at radius 3 is 1.32 bits per heavy atom. The number of carbonyl (C=O) groups excluding carboxylic acids is 2. The fourth-order valence-corrected chi connectivity index (χ4v) is 8.41. The van der Waals surface area contributed by atoms with E-state index in [1.165, 1.54) is 180 Å². The number of nitrogens with one attached hydrogen (secondary N) is 1. The van der Waals surface area contributed by atoms with Gasteiger partial charge in [0.2, 0.25) is 5.91 Å². The van der Waals surface area contributed by atoms with Crippen LogP contribution in [0.3, 0.4) is 0 Å². The smallest absolute Gasteiger partial charge is 0.463 e. The second-order valence-electron chi connectivity index (χ2n) is 17.9. The number of phosphoric ester groups is 1. The molecule has 0 saturated carbocycles. The van der Waals surface area contributed by atoms with Gasteiger partial charge < -0.3 is 20.1 Å². The summed E-state index contributed by atoms with van der Waals surface area (Å²) >= 11 is 0. The van der Waals surface area contributed by atoms with Crippen LogP contribution < -0.4 is 5.32 Å². The van der Waals surface area contributed by atoms with Crippen molar-refractivity contribution < 1.29 is 37.9 Å². The molecular weight excluding hydrogens is 798 g/mol. The van der Waals surface area contributed by atoms with Crippen LogP contribution >= 0.6 is 7.82 Å². The Labute approximate surface area is 382 Å². The predicted molar refractivity (Wildman–Crippen MR) is 261 cm³/mol. The van der Waals surface area contributed by atoms with Crippen molar-refractivity contribution in [2.75, 3.05) is 26.4 Å². The Bertz CT molecular complexity index is 1070. The SMILES string of the molecule is CCCCC/C=C\C/C=C\CCCCCCCCCC(=O)OCC(O)COP(=O)(O)OCCNC(=O)CCCCCCCCCCCCCCCCCCCCCCCCCC. The van der Waals surface area contributed by atoms with Gasteiger partial charge in [-0.2, -0.15) is 0 Å². The van der Waals surface area contributed by atoms with E-state index >= 15 is 0 Å². The van der Waals surface area contributed by atoms with Crippen molar-refractivity contribution in [2.45, 2.75) is 270 Å². The summed E-state index contributed by atoms with van der Waals surface area (Å²) < 4.78 is 27.0. The number of esters is 1. The third kappa shape index (κ3) is 49.5. The maximum atomic E-state index is 12.1. The summed E-state index contributed by atoms with van der Waals surface area (Å²) in [4.78, 5) is 34.1. The minimum absolute atomic E-state index is 0.0848. The number of phosphoric acid groups is 1. The van der Waals surface area contributed by atoms with Crippen LogP contribution in [0.5, 0.6) is 0 Å². The van der Waals surface area contributed by atoms with E-state index in [2.05, 4.69) is 43.5 Å². The zero-order valence-electron chi connectivity index (χ0n) is 40.6. The molecule has 10 heteroatoms. The average molecular weight is 898 g/mol. The summed E-state index contributed by atoms with van der Waals surface area (Å²) in [6, 6.07) is 0. The summed E-state index contributed by atoms with van der Waals surface area (Å²) in [5.74, 6) is -0.513. The third-order valence-corrected chi connectivity index (χ3v) is 12.6. The van der Waals surface area contributed by atoms with Gasteiger partial charge in [0, 0.05) is 19.4 Å². The van der Waals surface area contributed by atoms with E-state index in [4.69, 9.17) is 13.8 Å². The molecule has 0 aromatic carbocycles. The molecule has 0 aromatic heterocycles. The second-order valence-corrected chi connectivity index (χ2v) is 19.3. The Kier molecular flexibility index (Phi) is 47.7. The van der Waals surface area contributed by atoms with Gasteiger partial charge in [-0.25, -0.2) is 4.57 Å². The molecule has 0 saturated heterocycles. The molecule has 2 unspecified atom stereocenters. The standard InChI is InChI=1S/C52H100NO8P/c1-3-5-7-9-11-13-15-17-19-21-22-23-24-25-26-27-29-30-32-34-36-38-40-42-44-51(55)53-46-47-60-62(57,58)61-49-50(54)48-59-52(56)45-43-41-39-37-35-33-31-28-20-18-16-14-12-10-8-6-4-2/h12,14,18,20,50,54H,3-11,13,15-17,19,21-49H2,1-2H3,(H,53,55)(H,57,58)/b14-12-,20-18-. The first-order chi connectivity index (χ1) is 30.3. The number of hydrogen-bond acceptors (Lipinski definition) is 7. The summed E-state index contributed by atoms with van der Waals surface area (Å²) in [6.45, 7) is 3.57. The Balaban J connectivity index is 3.51. The second kappa shape index (κ2) is 48.9. The first-order valence-corrected chi connectivity index (χ1v) is 27.8. The van der Waals surface area contributed by atoms with Crippen LogP contribution in [0.2, 0.25) is 0 Å². The number of aliphatic hydroxyl groups excluding tert-OH is 1. The van der Waals surface area contributed by atoms with Crippen LogP contribution in [0.15, 0.2) is 24.3 Å². The fourth-order valence-electron chi connectivity index (χ4n) is 7.65. The number of allylic oxidation sites excluding steroid dienone is 4. The number of rotatable bonds is 50. The molecule has 0 rings (SSSR count). The van der Waals surface area contributed by atoms with Crippen LogP contribution in [0.4, 0.5) is 0 Å². The Hall–Kier alpha value is -1.51. The minimum atomic E-state index is -4.42. The Morgan fingerprint density at radius 2 is 0.871 bits per heavy atom. The fraction of sp³-hybridized carbons (Fsp3) is 0.885. The highest BCUT2D eigenvalue weighted by atomic mass is 31.2. The molecule has 0 aliphatic heterocycles. The number of carbonyl (C=O) groups is 2. The molecule has 0 aliphatic rings. The molecule has 9 nitrogen and oxygen atoms in total.